The molecule has 0 saturated heterocycles. The lowest BCUT2D eigenvalue weighted by atomic mass is 10.1. The molecule has 1 aromatic carbocycles. The zero-order valence-corrected chi connectivity index (χ0v) is 9.15. The Hall–Kier alpha value is -1.84. The van der Waals surface area contributed by atoms with Crippen molar-refractivity contribution in [3.05, 3.63) is 47.5 Å². The van der Waals surface area contributed by atoms with Crippen LogP contribution in [0.2, 0.25) is 0 Å². The molecule has 2 rings (SSSR count). The highest BCUT2D eigenvalue weighted by Gasteiger charge is 2.03. The van der Waals surface area contributed by atoms with E-state index in [9.17, 15) is 4.39 Å². The van der Waals surface area contributed by atoms with Crippen molar-refractivity contribution >= 4 is 5.95 Å². The number of nitrogens with two attached hydrogens (primary N) is 1. The molecule has 4 heteroatoms. The minimum absolute atomic E-state index is 0.193. The summed E-state index contributed by atoms with van der Waals surface area (Å²) < 4.78 is 14.8. The van der Waals surface area contributed by atoms with Gasteiger partial charge in [0.05, 0.1) is 6.20 Å². The van der Waals surface area contributed by atoms with Gasteiger partial charge < -0.3 is 10.3 Å². The van der Waals surface area contributed by atoms with E-state index in [4.69, 9.17) is 5.73 Å². The van der Waals surface area contributed by atoms with Gasteiger partial charge in [0, 0.05) is 12.7 Å². The van der Waals surface area contributed by atoms with Gasteiger partial charge in [0.25, 0.3) is 0 Å². The molecule has 2 aromatic rings. The van der Waals surface area contributed by atoms with E-state index in [0.29, 0.717) is 5.95 Å². The molecule has 0 aliphatic carbocycles. The third-order valence-corrected chi connectivity index (χ3v) is 2.68. The van der Waals surface area contributed by atoms with E-state index in [0.717, 1.165) is 24.1 Å². The van der Waals surface area contributed by atoms with Crippen molar-refractivity contribution < 1.29 is 4.39 Å². The maximum absolute atomic E-state index is 12.9. The number of aromatic nitrogens is 2. The average molecular weight is 219 g/mol. The first-order chi connectivity index (χ1) is 7.66. The van der Waals surface area contributed by atoms with Gasteiger partial charge in [-0.25, -0.2) is 9.37 Å². The minimum Gasteiger partial charge on any atom is -0.369 e. The maximum Gasteiger partial charge on any atom is 0.200 e. The Balaban J connectivity index is 2.05. The first-order valence-electron chi connectivity index (χ1n) is 5.17. The van der Waals surface area contributed by atoms with Crippen LogP contribution in [-0.2, 0) is 19.9 Å². The van der Waals surface area contributed by atoms with Crippen molar-refractivity contribution in [1.82, 2.24) is 9.55 Å². The Morgan fingerprint density at radius 3 is 2.81 bits per heavy atom. The summed E-state index contributed by atoms with van der Waals surface area (Å²) in [4.78, 5) is 4.01. The van der Waals surface area contributed by atoms with Gasteiger partial charge in [0.2, 0.25) is 0 Å². The Labute approximate surface area is 93.7 Å². The SMILES string of the molecule is Cn1c(CCc2cccc(F)c2)cnc1N. The molecule has 0 aliphatic heterocycles. The maximum atomic E-state index is 12.9. The van der Waals surface area contributed by atoms with Crippen LogP contribution >= 0.6 is 0 Å². The average Bonchev–Trinajstić information content (AvgIpc) is 2.57. The van der Waals surface area contributed by atoms with Gasteiger partial charge in [-0.3, -0.25) is 0 Å². The molecule has 3 nitrogen and oxygen atoms in total. The number of anilines is 1. The third-order valence-electron chi connectivity index (χ3n) is 2.68. The van der Waals surface area contributed by atoms with E-state index in [-0.39, 0.29) is 5.82 Å². The van der Waals surface area contributed by atoms with Crippen LogP contribution < -0.4 is 5.73 Å². The van der Waals surface area contributed by atoms with E-state index >= 15 is 0 Å². The topological polar surface area (TPSA) is 43.8 Å². The van der Waals surface area contributed by atoms with Crippen molar-refractivity contribution in [3.8, 4) is 0 Å². The number of rotatable bonds is 3. The van der Waals surface area contributed by atoms with Gasteiger partial charge in [0.1, 0.15) is 5.82 Å². The van der Waals surface area contributed by atoms with E-state index in [1.165, 1.54) is 6.07 Å². The Bertz CT molecular complexity index is 491. The molecule has 0 atom stereocenters. The van der Waals surface area contributed by atoms with Crippen molar-refractivity contribution in [2.75, 3.05) is 5.73 Å². The van der Waals surface area contributed by atoms with E-state index < -0.39 is 0 Å². The highest BCUT2D eigenvalue weighted by Crippen LogP contribution is 2.10. The molecule has 0 aliphatic rings. The fraction of sp³-hybridized carbons (Fsp3) is 0.250. The number of imidazole rings is 1. The molecule has 16 heavy (non-hydrogen) atoms. The summed E-state index contributed by atoms with van der Waals surface area (Å²) in [6, 6.07) is 6.65. The summed E-state index contributed by atoms with van der Waals surface area (Å²) in [5.74, 6) is 0.316. The lowest BCUT2D eigenvalue weighted by molar-refractivity contribution is 0.625. The summed E-state index contributed by atoms with van der Waals surface area (Å²) in [6.45, 7) is 0. The summed E-state index contributed by atoms with van der Waals surface area (Å²) in [5.41, 5.74) is 7.67. The van der Waals surface area contributed by atoms with Crippen LogP contribution in [0.5, 0.6) is 0 Å². The fourth-order valence-corrected chi connectivity index (χ4v) is 1.66. The first-order valence-corrected chi connectivity index (χ1v) is 5.17. The number of hydrogen-bond acceptors (Lipinski definition) is 2. The second kappa shape index (κ2) is 4.35. The van der Waals surface area contributed by atoms with Crippen LogP contribution in [-0.4, -0.2) is 9.55 Å². The van der Waals surface area contributed by atoms with E-state index in [2.05, 4.69) is 4.98 Å². The van der Waals surface area contributed by atoms with E-state index in [1.54, 1.807) is 18.3 Å². The standard InChI is InChI=1S/C12H14FN3/c1-16-11(8-15-12(16)14)6-5-9-3-2-4-10(13)7-9/h2-4,7-8H,5-6H2,1H3,(H2,14,15). The van der Waals surface area contributed by atoms with Crippen LogP contribution in [0, 0.1) is 5.82 Å². The smallest absolute Gasteiger partial charge is 0.200 e. The Kier molecular flexibility index (Phi) is 2.90. The first kappa shape index (κ1) is 10.7. The summed E-state index contributed by atoms with van der Waals surface area (Å²) >= 11 is 0. The lowest BCUT2D eigenvalue weighted by Gasteiger charge is -2.03. The predicted molar refractivity (Wildman–Crippen MR) is 61.4 cm³/mol. The normalized spacial score (nSPS) is 10.6. The van der Waals surface area contributed by atoms with Gasteiger partial charge in [-0.1, -0.05) is 12.1 Å². The van der Waals surface area contributed by atoms with Gasteiger partial charge >= 0.3 is 0 Å². The monoisotopic (exact) mass is 219 g/mol. The van der Waals surface area contributed by atoms with E-state index in [1.807, 2.05) is 17.7 Å². The molecule has 0 radical (unpaired) electrons. The number of halogens is 1. The number of nitrogens with zero attached hydrogens (tertiary/aromatic N) is 2. The fourth-order valence-electron chi connectivity index (χ4n) is 1.66. The van der Waals surface area contributed by atoms with Crippen LogP contribution in [0.4, 0.5) is 10.3 Å². The van der Waals surface area contributed by atoms with Crippen LogP contribution in [0.15, 0.2) is 30.5 Å². The van der Waals surface area contributed by atoms with Crippen molar-refractivity contribution in [3.63, 3.8) is 0 Å². The van der Waals surface area contributed by atoms with Gasteiger partial charge in [-0.05, 0) is 30.5 Å². The largest absolute Gasteiger partial charge is 0.369 e. The summed E-state index contributed by atoms with van der Waals surface area (Å²) in [6.07, 6.45) is 3.36. The molecule has 0 saturated carbocycles. The molecule has 84 valence electrons. The quantitative estimate of drug-likeness (QED) is 0.857. The summed E-state index contributed by atoms with van der Waals surface area (Å²) in [5, 5.41) is 0. The molecule has 1 heterocycles. The molecule has 0 spiro atoms. The molecule has 0 fully saturated rings. The molecule has 1 aromatic heterocycles. The molecule has 0 amide bonds. The Morgan fingerprint density at radius 1 is 1.38 bits per heavy atom. The minimum atomic E-state index is -0.193. The zero-order valence-electron chi connectivity index (χ0n) is 9.15. The second-order valence-corrected chi connectivity index (χ2v) is 3.80. The molecule has 0 unspecified atom stereocenters. The highest BCUT2D eigenvalue weighted by atomic mass is 19.1. The Morgan fingerprint density at radius 2 is 2.19 bits per heavy atom. The number of aryl methyl sites for hydroxylation is 2. The number of hydrogen-bond donors (Lipinski definition) is 1. The van der Waals surface area contributed by atoms with Crippen molar-refractivity contribution in [2.45, 2.75) is 12.8 Å². The highest BCUT2D eigenvalue weighted by molar-refractivity contribution is 5.23. The second-order valence-electron chi connectivity index (χ2n) is 3.80. The van der Waals surface area contributed by atoms with Crippen molar-refractivity contribution in [1.29, 1.82) is 0 Å². The zero-order chi connectivity index (χ0) is 11.5. The summed E-state index contributed by atoms with van der Waals surface area (Å²) in [7, 11) is 1.88. The van der Waals surface area contributed by atoms with Gasteiger partial charge in [-0.15, -0.1) is 0 Å². The molecular weight excluding hydrogens is 205 g/mol. The van der Waals surface area contributed by atoms with Gasteiger partial charge in [0.15, 0.2) is 5.95 Å². The predicted octanol–water partition coefficient (Wildman–Crippen LogP) is 1.93. The van der Waals surface area contributed by atoms with Gasteiger partial charge in [-0.2, -0.15) is 0 Å². The van der Waals surface area contributed by atoms with Crippen LogP contribution in [0.25, 0.3) is 0 Å². The van der Waals surface area contributed by atoms with Crippen LogP contribution in [0.1, 0.15) is 11.3 Å². The van der Waals surface area contributed by atoms with Crippen molar-refractivity contribution in [2.24, 2.45) is 7.05 Å². The molecular formula is C12H14FN3. The van der Waals surface area contributed by atoms with Crippen LogP contribution in [0.3, 0.4) is 0 Å². The third kappa shape index (κ3) is 2.21. The lowest BCUT2D eigenvalue weighted by Crippen LogP contribution is -2.02. The molecule has 2 N–H and O–H groups in total. The number of nitrogen functional groups attached to an aromatic ring is 1. The molecule has 0 bridgehead atoms. The number of benzene rings is 1.